The Bertz CT molecular complexity index is 520. The van der Waals surface area contributed by atoms with Crippen molar-refractivity contribution in [2.75, 3.05) is 11.9 Å². The quantitative estimate of drug-likeness (QED) is 0.894. The molecule has 0 radical (unpaired) electrons. The monoisotopic (exact) mass is 286 g/mol. The molecule has 1 aromatic carbocycles. The number of urea groups is 1. The summed E-state index contributed by atoms with van der Waals surface area (Å²) < 4.78 is 13.1. The average molecular weight is 287 g/mol. The molecular formula is C12H12ClFN2O3. The lowest BCUT2D eigenvalue weighted by molar-refractivity contribution is -0.137. The molecule has 2 rings (SSSR count). The number of halogens is 2. The molecule has 0 unspecified atom stereocenters. The molecule has 0 heterocycles. The summed E-state index contributed by atoms with van der Waals surface area (Å²) in [5.41, 5.74) is 0.128. The highest BCUT2D eigenvalue weighted by molar-refractivity contribution is 6.33. The van der Waals surface area contributed by atoms with Crippen LogP contribution in [0, 0.1) is 5.82 Å². The average Bonchev–Trinajstić information content (AvgIpc) is 3.14. The van der Waals surface area contributed by atoms with Crippen molar-refractivity contribution in [3.63, 3.8) is 0 Å². The Morgan fingerprint density at radius 3 is 2.74 bits per heavy atom. The van der Waals surface area contributed by atoms with Crippen molar-refractivity contribution >= 4 is 29.3 Å². The number of anilines is 1. The molecule has 1 aliphatic carbocycles. The lowest BCUT2D eigenvalue weighted by Crippen LogP contribution is -2.40. The highest BCUT2D eigenvalue weighted by Gasteiger charge is 2.34. The van der Waals surface area contributed by atoms with E-state index in [4.69, 9.17) is 16.7 Å². The molecule has 7 heteroatoms. The second kappa shape index (κ2) is 5.44. The van der Waals surface area contributed by atoms with Crippen LogP contribution in [0.1, 0.15) is 12.8 Å². The highest BCUT2D eigenvalue weighted by atomic mass is 35.5. The molecule has 0 aliphatic heterocycles. The van der Waals surface area contributed by atoms with Crippen molar-refractivity contribution < 1.29 is 19.1 Å². The molecule has 0 saturated heterocycles. The molecule has 2 N–H and O–H groups in total. The summed E-state index contributed by atoms with van der Waals surface area (Å²) in [7, 11) is 0. The van der Waals surface area contributed by atoms with Gasteiger partial charge in [-0.3, -0.25) is 4.79 Å². The Kier molecular flexibility index (Phi) is 3.90. The van der Waals surface area contributed by atoms with Crippen molar-refractivity contribution in [3.8, 4) is 0 Å². The fraction of sp³-hybridized carbons (Fsp3) is 0.333. The third kappa shape index (κ3) is 3.57. The molecule has 102 valence electrons. The first-order valence-electron chi connectivity index (χ1n) is 5.72. The number of hydrogen-bond donors (Lipinski definition) is 2. The van der Waals surface area contributed by atoms with Gasteiger partial charge in [0.05, 0.1) is 10.7 Å². The van der Waals surface area contributed by atoms with E-state index in [1.165, 1.54) is 17.0 Å². The SMILES string of the molecule is O=C(O)CN(C(=O)Nc1cc(F)ccc1Cl)C1CC1. The topological polar surface area (TPSA) is 69.6 Å². The van der Waals surface area contributed by atoms with Crippen molar-refractivity contribution in [2.45, 2.75) is 18.9 Å². The molecule has 1 saturated carbocycles. The van der Waals surface area contributed by atoms with Gasteiger partial charge in [-0.1, -0.05) is 11.6 Å². The van der Waals surface area contributed by atoms with Crippen LogP contribution in [0.25, 0.3) is 0 Å². The summed E-state index contributed by atoms with van der Waals surface area (Å²) >= 11 is 5.83. The van der Waals surface area contributed by atoms with Gasteiger partial charge in [-0.05, 0) is 31.0 Å². The third-order valence-corrected chi connectivity index (χ3v) is 3.05. The van der Waals surface area contributed by atoms with E-state index in [-0.39, 0.29) is 23.3 Å². The van der Waals surface area contributed by atoms with Gasteiger partial charge in [-0.25, -0.2) is 9.18 Å². The normalized spacial score (nSPS) is 14.0. The fourth-order valence-electron chi connectivity index (χ4n) is 1.68. The van der Waals surface area contributed by atoms with Crippen LogP contribution in [-0.4, -0.2) is 34.6 Å². The van der Waals surface area contributed by atoms with Crippen LogP contribution < -0.4 is 5.32 Å². The summed E-state index contributed by atoms with van der Waals surface area (Å²) in [4.78, 5) is 23.9. The number of carbonyl (C=O) groups excluding carboxylic acids is 1. The lowest BCUT2D eigenvalue weighted by atomic mass is 10.3. The highest BCUT2D eigenvalue weighted by Crippen LogP contribution is 2.28. The van der Waals surface area contributed by atoms with Crippen molar-refractivity contribution in [3.05, 3.63) is 29.0 Å². The number of nitrogens with zero attached hydrogens (tertiary/aromatic N) is 1. The Hall–Kier alpha value is -1.82. The summed E-state index contributed by atoms with van der Waals surface area (Å²) in [6.07, 6.45) is 1.55. The number of carboxylic acids is 1. The molecule has 0 bridgehead atoms. The van der Waals surface area contributed by atoms with E-state index in [1.807, 2.05) is 0 Å². The minimum absolute atomic E-state index is 0.0663. The van der Waals surface area contributed by atoms with E-state index in [9.17, 15) is 14.0 Å². The van der Waals surface area contributed by atoms with Crippen LogP contribution in [0.3, 0.4) is 0 Å². The van der Waals surface area contributed by atoms with Gasteiger partial charge < -0.3 is 15.3 Å². The number of carbonyl (C=O) groups is 2. The van der Waals surface area contributed by atoms with E-state index in [1.54, 1.807) is 0 Å². The minimum atomic E-state index is -1.09. The van der Waals surface area contributed by atoms with Crippen LogP contribution in [0.5, 0.6) is 0 Å². The molecule has 0 aromatic heterocycles. The zero-order valence-corrected chi connectivity index (χ0v) is 10.7. The van der Waals surface area contributed by atoms with Gasteiger partial charge in [-0.2, -0.15) is 0 Å². The number of carboxylic acid groups (broad SMARTS) is 1. The summed E-state index contributed by atoms with van der Waals surface area (Å²) in [6.45, 7) is -0.385. The molecule has 0 spiro atoms. The first-order chi connectivity index (χ1) is 8.97. The molecule has 5 nitrogen and oxygen atoms in total. The van der Waals surface area contributed by atoms with Crippen LogP contribution in [0.2, 0.25) is 5.02 Å². The maximum Gasteiger partial charge on any atom is 0.323 e. The van der Waals surface area contributed by atoms with Crippen LogP contribution >= 0.6 is 11.6 Å². The van der Waals surface area contributed by atoms with E-state index in [2.05, 4.69) is 5.32 Å². The summed E-state index contributed by atoms with van der Waals surface area (Å²) in [5, 5.41) is 11.4. The molecule has 0 atom stereocenters. The summed E-state index contributed by atoms with van der Waals surface area (Å²) in [6, 6.07) is 2.94. The van der Waals surface area contributed by atoms with Gasteiger partial charge in [0.1, 0.15) is 12.4 Å². The van der Waals surface area contributed by atoms with Gasteiger partial charge in [0.2, 0.25) is 0 Å². The van der Waals surface area contributed by atoms with Crippen LogP contribution in [0.4, 0.5) is 14.9 Å². The van der Waals surface area contributed by atoms with E-state index in [0.29, 0.717) is 0 Å². The molecule has 1 fully saturated rings. The Morgan fingerprint density at radius 2 is 2.16 bits per heavy atom. The van der Waals surface area contributed by atoms with Gasteiger partial charge in [0, 0.05) is 6.04 Å². The standard InChI is InChI=1S/C12H12ClFN2O3/c13-9-4-1-7(14)5-10(9)15-12(19)16(6-11(17)18)8-2-3-8/h1,4-5,8H,2-3,6H2,(H,15,19)(H,17,18). The largest absolute Gasteiger partial charge is 0.480 e. The lowest BCUT2D eigenvalue weighted by Gasteiger charge is -2.21. The number of nitrogens with one attached hydrogen (secondary N) is 1. The minimum Gasteiger partial charge on any atom is -0.480 e. The number of amides is 2. The second-order valence-corrected chi connectivity index (χ2v) is 4.71. The van der Waals surface area contributed by atoms with Gasteiger partial charge in [0.15, 0.2) is 0 Å². The zero-order chi connectivity index (χ0) is 14.0. The molecular weight excluding hydrogens is 275 g/mol. The molecule has 1 aliphatic rings. The number of benzene rings is 1. The first kappa shape index (κ1) is 13.6. The van der Waals surface area contributed by atoms with Gasteiger partial charge in [0.25, 0.3) is 0 Å². The van der Waals surface area contributed by atoms with Crippen LogP contribution in [-0.2, 0) is 4.79 Å². The number of rotatable bonds is 4. The predicted molar refractivity (Wildman–Crippen MR) is 67.8 cm³/mol. The van der Waals surface area contributed by atoms with E-state index in [0.717, 1.165) is 18.9 Å². The third-order valence-electron chi connectivity index (χ3n) is 2.72. The number of hydrogen-bond acceptors (Lipinski definition) is 2. The van der Waals surface area contributed by atoms with Crippen molar-refractivity contribution in [1.82, 2.24) is 4.90 Å². The molecule has 19 heavy (non-hydrogen) atoms. The first-order valence-corrected chi connectivity index (χ1v) is 6.09. The van der Waals surface area contributed by atoms with Crippen molar-refractivity contribution in [2.24, 2.45) is 0 Å². The predicted octanol–water partition coefficient (Wildman–Crippen LogP) is 2.56. The maximum absolute atomic E-state index is 13.1. The van der Waals surface area contributed by atoms with Crippen LogP contribution in [0.15, 0.2) is 18.2 Å². The van der Waals surface area contributed by atoms with Gasteiger partial charge in [-0.15, -0.1) is 0 Å². The van der Waals surface area contributed by atoms with Gasteiger partial charge >= 0.3 is 12.0 Å². The zero-order valence-electron chi connectivity index (χ0n) is 9.90. The molecule has 2 amide bonds. The second-order valence-electron chi connectivity index (χ2n) is 4.31. The smallest absolute Gasteiger partial charge is 0.323 e. The van der Waals surface area contributed by atoms with Crippen molar-refractivity contribution in [1.29, 1.82) is 0 Å². The van der Waals surface area contributed by atoms with E-state index < -0.39 is 17.8 Å². The Morgan fingerprint density at radius 1 is 1.47 bits per heavy atom. The Balaban J connectivity index is 2.10. The summed E-state index contributed by atoms with van der Waals surface area (Å²) in [5.74, 6) is -1.62. The number of aliphatic carboxylic acids is 1. The Labute approximate surface area is 114 Å². The van der Waals surface area contributed by atoms with E-state index >= 15 is 0 Å². The fourth-order valence-corrected chi connectivity index (χ4v) is 1.84. The maximum atomic E-state index is 13.1. The molecule has 1 aromatic rings.